The number of hydrogen-bond acceptors (Lipinski definition) is 7. The van der Waals surface area contributed by atoms with Crippen molar-refractivity contribution < 1.29 is 22.7 Å². The van der Waals surface area contributed by atoms with Crippen molar-refractivity contribution in [1.29, 1.82) is 5.26 Å². The van der Waals surface area contributed by atoms with Crippen molar-refractivity contribution in [1.82, 2.24) is 24.4 Å². The third-order valence-electron chi connectivity index (χ3n) is 6.25. The third-order valence-corrected chi connectivity index (χ3v) is 6.25. The summed E-state index contributed by atoms with van der Waals surface area (Å²) in [6.07, 6.45) is 1.60. The van der Waals surface area contributed by atoms with Crippen LogP contribution in [0.4, 0.5) is 23.8 Å². The molecule has 0 N–H and O–H groups in total. The number of hydrogen-bond donors (Lipinski definition) is 0. The Labute approximate surface area is 198 Å². The predicted molar refractivity (Wildman–Crippen MR) is 119 cm³/mol. The first-order valence-electron chi connectivity index (χ1n) is 11.2. The lowest BCUT2D eigenvalue weighted by Crippen LogP contribution is -2.54. The number of nitriles is 1. The molecule has 1 aliphatic carbocycles. The van der Waals surface area contributed by atoms with Gasteiger partial charge in [-0.2, -0.15) is 18.4 Å². The zero-order valence-electron chi connectivity index (χ0n) is 18.9. The Morgan fingerprint density at radius 2 is 2.06 bits per heavy atom. The molecule has 0 unspecified atom stereocenters. The molecule has 0 radical (unpaired) electrons. The minimum atomic E-state index is -4.57. The molecular weight excluding hydrogens is 463 g/mol. The summed E-state index contributed by atoms with van der Waals surface area (Å²) in [5, 5.41) is 10.2. The Bertz CT molecular complexity index is 1310. The maximum atomic E-state index is 12.4. The van der Waals surface area contributed by atoms with Crippen LogP contribution in [0.3, 0.4) is 0 Å². The molecule has 0 spiro atoms. The third kappa shape index (κ3) is 4.58. The van der Waals surface area contributed by atoms with Gasteiger partial charge >= 0.3 is 12.3 Å². The molecule has 35 heavy (non-hydrogen) atoms. The lowest BCUT2D eigenvalue weighted by Gasteiger charge is -2.39. The van der Waals surface area contributed by atoms with E-state index >= 15 is 0 Å². The van der Waals surface area contributed by atoms with Crippen LogP contribution in [0, 0.1) is 11.3 Å². The molecule has 3 aromatic rings. The molecule has 12 heteroatoms. The van der Waals surface area contributed by atoms with Crippen molar-refractivity contribution in [3.63, 3.8) is 0 Å². The first-order chi connectivity index (χ1) is 16.7. The highest BCUT2D eigenvalue weighted by Gasteiger charge is 2.36. The number of carbonyl (C=O) groups excluding carboxylic acids is 1. The van der Waals surface area contributed by atoms with E-state index in [9.17, 15) is 23.2 Å². The fourth-order valence-electron chi connectivity index (χ4n) is 4.46. The molecule has 0 aromatic carbocycles. The second-order valence-corrected chi connectivity index (χ2v) is 8.80. The van der Waals surface area contributed by atoms with Crippen LogP contribution < -0.4 is 4.90 Å². The zero-order chi connectivity index (χ0) is 24.7. The number of alkyl halides is 3. The van der Waals surface area contributed by atoms with E-state index < -0.39 is 18.9 Å². The van der Waals surface area contributed by atoms with Crippen LogP contribution in [0.1, 0.15) is 36.8 Å². The first-order valence-corrected chi connectivity index (χ1v) is 11.2. The fourth-order valence-corrected chi connectivity index (χ4v) is 4.46. The minimum Gasteiger partial charge on any atom is -0.440 e. The van der Waals surface area contributed by atoms with Gasteiger partial charge < -0.3 is 14.5 Å². The number of piperazine rings is 1. The summed E-state index contributed by atoms with van der Waals surface area (Å²) in [7, 11) is 0. The molecule has 2 fully saturated rings. The molecule has 0 bridgehead atoms. The highest BCUT2D eigenvalue weighted by Crippen LogP contribution is 2.46. The number of pyridine rings is 1. The molecule has 9 nitrogen and oxygen atoms in total. The number of fused-ring (bicyclic) bond motifs is 1. The maximum absolute atomic E-state index is 12.4. The lowest BCUT2D eigenvalue weighted by molar-refractivity contribution is -0.162. The minimum absolute atomic E-state index is 0.203. The van der Waals surface area contributed by atoms with Gasteiger partial charge in [-0.25, -0.2) is 19.7 Å². The number of amides is 1. The van der Waals surface area contributed by atoms with Crippen LogP contribution >= 0.6 is 0 Å². The highest BCUT2D eigenvalue weighted by molar-refractivity contribution is 5.93. The van der Waals surface area contributed by atoms with E-state index in [1.54, 1.807) is 25.3 Å². The molecule has 1 saturated heterocycles. The second-order valence-electron chi connectivity index (χ2n) is 8.80. The number of aromatic nitrogens is 4. The first kappa shape index (κ1) is 22.9. The molecule has 1 amide bonds. The van der Waals surface area contributed by atoms with Gasteiger partial charge in [-0.15, -0.1) is 0 Å². The highest BCUT2D eigenvalue weighted by atomic mass is 19.4. The number of anilines is 1. The second kappa shape index (κ2) is 8.72. The summed E-state index contributed by atoms with van der Waals surface area (Å²) in [6.45, 7) is 1.13. The fraction of sp³-hybridized carbons (Fsp3) is 0.435. The number of ether oxygens (including phenoxy) is 1. The van der Waals surface area contributed by atoms with Crippen molar-refractivity contribution in [3.05, 3.63) is 42.0 Å². The molecule has 1 saturated carbocycles. The predicted octanol–water partition coefficient (Wildman–Crippen LogP) is 3.77. The number of rotatable bonds is 4. The molecule has 2 aliphatic rings. The summed E-state index contributed by atoms with van der Waals surface area (Å²) in [5.41, 5.74) is 2.25. The van der Waals surface area contributed by atoms with E-state index in [2.05, 4.69) is 25.8 Å². The van der Waals surface area contributed by atoms with Gasteiger partial charge in [0.05, 0.1) is 17.0 Å². The van der Waals surface area contributed by atoms with Gasteiger partial charge in [-0.3, -0.25) is 4.57 Å². The van der Waals surface area contributed by atoms with Crippen LogP contribution in [0.15, 0.2) is 30.9 Å². The van der Waals surface area contributed by atoms with Crippen LogP contribution in [0.5, 0.6) is 0 Å². The van der Waals surface area contributed by atoms with Gasteiger partial charge in [-0.05, 0) is 43.4 Å². The molecular formula is C23H22F3N7O2. The molecule has 182 valence electrons. The average Bonchev–Trinajstić information content (AvgIpc) is 3.61. The SMILES string of the molecule is C[C@@H]1CN(c2ncnc3c2c(C2CC2)cn3-c2cc(C#N)ccn2)CCN1C(=O)OCC(F)(F)F. The van der Waals surface area contributed by atoms with Crippen molar-refractivity contribution in [3.8, 4) is 11.9 Å². The van der Waals surface area contributed by atoms with Gasteiger partial charge in [0.25, 0.3) is 0 Å². The smallest absolute Gasteiger partial charge is 0.422 e. The van der Waals surface area contributed by atoms with Gasteiger partial charge in [0.2, 0.25) is 0 Å². The number of halogens is 3. The summed E-state index contributed by atoms with van der Waals surface area (Å²) in [4.78, 5) is 29.0. The van der Waals surface area contributed by atoms with Crippen LogP contribution in [0.2, 0.25) is 0 Å². The van der Waals surface area contributed by atoms with Crippen molar-refractivity contribution in [2.45, 2.75) is 37.9 Å². The quantitative estimate of drug-likeness (QED) is 0.555. The van der Waals surface area contributed by atoms with Crippen molar-refractivity contribution in [2.24, 2.45) is 0 Å². The lowest BCUT2D eigenvalue weighted by atomic mass is 10.1. The molecule has 5 rings (SSSR count). The van der Waals surface area contributed by atoms with E-state index in [0.29, 0.717) is 41.9 Å². The summed E-state index contributed by atoms with van der Waals surface area (Å²) in [6, 6.07) is 5.08. The van der Waals surface area contributed by atoms with Gasteiger partial charge in [0.1, 0.15) is 18.0 Å². The Morgan fingerprint density at radius 3 is 2.74 bits per heavy atom. The van der Waals surface area contributed by atoms with E-state index in [4.69, 9.17) is 0 Å². The largest absolute Gasteiger partial charge is 0.440 e. The zero-order valence-corrected chi connectivity index (χ0v) is 18.9. The summed E-state index contributed by atoms with van der Waals surface area (Å²) >= 11 is 0. The Kier molecular flexibility index (Phi) is 5.70. The van der Waals surface area contributed by atoms with Crippen LogP contribution in [-0.2, 0) is 4.74 Å². The van der Waals surface area contributed by atoms with Crippen LogP contribution in [-0.4, -0.2) is 69.0 Å². The van der Waals surface area contributed by atoms with Gasteiger partial charge in [0, 0.05) is 38.1 Å². The molecule has 4 heterocycles. The normalized spacial score (nSPS) is 18.5. The van der Waals surface area contributed by atoms with Crippen molar-refractivity contribution >= 4 is 22.9 Å². The van der Waals surface area contributed by atoms with Crippen LogP contribution in [0.25, 0.3) is 16.9 Å². The number of carbonyl (C=O) groups is 1. The standard InChI is InChI=1S/C23H22F3N7O2/c1-14-10-31(6-7-32(14)22(34)35-12-23(24,25)26)20-19-17(16-2-3-16)11-33(21(19)30-13-29-20)18-8-15(9-27)4-5-28-18/h4-5,8,11,13-14,16H,2-3,6-7,10,12H2,1H3/t14-/m1/s1. The van der Waals surface area contributed by atoms with E-state index in [1.807, 2.05) is 15.7 Å². The average molecular weight is 485 g/mol. The molecule has 3 aromatic heterocycles. The van der Waals surface area contributed by atoms with Gasteiger partial charge in [0.15, 0.2) is 12.3 Å². The van der Waals surface area contributed by atoms with E-state index in [-0.39, 0.29) is 12.6 Å². The topological polar surface area (TPSA) is 100 Å². The summed E-state index contributed by atoms with van der Waals surface area (Å²) in [5.74, 6) is 1.66. The molecule has 1 atom stereocenters. The maximum Gasteiger partial charge on any atom is 0.422 e. The van der Waals surface area contributed by atoms with Gasteiger partial charge in [-0.1, -0.05) is 0 Å². The summed E-state index contributed by atoms with van der Waals surface area (Å²) < 4.78 is 43.6. The Hall–Kier alpha value is -3.88. The van der Waals surface area contributed by atoms with Crippen molar-refractivity contribution in [2.75, 3.05) is 31.1 Å². The number of nitrogens with zero attached hydrogens (tertiary/aromatic N) is 7. The Balaban J connectivity index is 1.45. The Morgan fingerprint density at radius 1 is 1.26 bits per heavy atom. The van der Waals surface area contributed by atoms with E-state index in [0.717, 1.165) is 23.8 Å². The monoisotopic (exact) mass is 485 g/mol. The molecule has 1 aliphatic heterocycles. The van der Waals surface area contributed by atoms with E-state index in [1.165, 1.54) is 11.2 Å².